The highest BCUT2D eigenvalue weighted by Gasteiger charge is 2.72. The Morgan fingerprint density at radius 1 is 1.38 bits per heavy atom. The Bertz CT molecular complexity index is 688. The summed E-state index contributed by atoms with van der Waals surface area (Å²) in [5, 5.41) is 10.7. The fourth-order valence-corrected chi connectivity index (χ4v) is 4.15. The lowest BCUT2D eigenvalue weighted by atomic mass is 9.85. The molecule has 2 saturated heterocycles. The quantitative estimate of drug-likeness (QED) is 0.486. The average Bonchev–Trinajstić information content (AvgIpc) is 2.98. The maximum absolute atomic E-state index is 12.3. The molecule has 2 fully saturated rings. The van der Waals surface area contributed by atoms with E-state index in [1.165, 1.54) is 0 Å². The van der Waals surface area contributed by atoms with Crippen molar-refractivity contribution in [3.63, 3.8) is 0 Å². The number of aliphatic hydroxyl groups is 1. The Hall–Kier alpha value is -1.59. The highest BCUT2D eigenvalue weighted by molar-refractivity contribution is 5.86. The largest absolute Gasteiger partial charge is 0.466 e. The topological polar surface area (TPSA) is 72.2 Å². The highest BCUT2D eigenvalue weighted by Crippen LogP contribution is 2.52. The molecule has 0 aliphatic carbocycles. The molecule has 4 bridgehead atoms. The molecule has 1 aromatic heterocycles. The second-order valence-electron chi connectivity index (χ2n) is 7.90. The fourth-order valence-electron chi connectivity index (χ4n) is 4.15. The van der Waals surface area contributed by atoms with Crippen LogP contribution in [0.1, 0.15) is 44.6 Å². The van der Waals surface area contributed by atoms with Gasteiger partial charge >= 0.3 is 5.97 Å². The van der Waals surface area contributed by atoms with E-state index in [0.29, 0.717) is 19.3 Å². The summed E-state index contributed by atoms with van der Waals surface area (Å²) >= 11 is 0. The number of epoxide rings is 1. The van der Waals surface area contributed by atoms with Gasteiger partial charge in [-0.2, -0.15) is 0 Å². The number of allylic oxidation sites excluding steroid dienone is 1. The molecule has 4 rings (SSSR count). The summed E-state index contributed by atoms with van der Waals surface area (Å²) in [6.45, 7) is 7.85. The van der Waals surface area contributed by atoms with Crippen molar-refractivity contribution in [3.8, 4) is 0 Å². The first-order valence-electron chi connectivity index (χ1n) is 8.63. The van der Waals surface area contributed by atoms with Crippen LogP contribution in [0.4, 0.5) is 0 Å². The summed E-state index contributed by atoms with van der Waals surface area (Å²) in [7, 11) is 0. The lowest BCUT2D eigenvalue weighted by Crippen LogP contribution is -2.34. The second kappa shape index (κ2) is 5.20. The van der Waals surface area contributed by atoms with Gasteiger partial charge in [0.15, 0.2) is 5.60 Å². The summed E-state index contributed by atoms with van der Waals surface area (Å²) < 4.78 is 17.2. The van der Waals surface area contributed by atoms with Gasteiger partial charge in [-0.1, -0.05) is 12.2 Å². The van der Waals surface area contributed by atoms with Gasteiger partial charge in [-0.05, 0) is 44.7 Å². The summed E-state index contributed by atoms with van der Waals surface area (Å²) in [5.41, 5.74) is -0.730. The smallest absolute Gasteiger partial charge is 0.341 e. The summed E-state index contributed by atoms with van der Waals surface area (Å²) in [4.78, 5) is 12.3. The van der Waals surface area contributed by atoms with Crippen LogP contribution >= 0.6 is 0 Å². The molecule has 24 heavy (non-hydrogen) atoms. The Morgan fingerprint density at radius 3 is 2.83 bits per heavy atom. The van der Waals surface area contributed by atoms with E-state index in [1.54, 1.807) is 6.92 Å². The molecule has 0 radical (unpaired) electrons. The zero-order valence-corrected chi connectivity index (χ0v) is 14.2. The van der Waals surface area contributed by atoms with Gasteiger partial charge in [0.1, 0.15) is 23.7 Å². The van der Waals surface area contributed by atoms with Gasteiger partial charge in [-0.15, -0.1) is 0 Å². The van der Waals surface area contributed by atoms with Crippen LogP contribution < -0.4 is 0 Å². The van der Waals surface area contributed by atoms with E-state index in [1.807, 2.05) is 19.1 Å². The van der Waals surface area contributed by atoms with Crippen LogP contribution in [0.3, 0.4) is 0 Å². The molecule has 1 N–H and O–H groups in total. The molecule has 1 aromatic rings. The lowest BCUT2D eigenvalue weighted by Gasteiger charge is -2.25. The third-order valence-corrected chi connectivity index (χ3v) is 5.60. The number of fused-ring (bicyclic) bond motifs is 2. The highest BCUT2D eigenvalue weighted by atomic mass is 16.7. The first-order chi connectivity index (χ1) is 11.3. The fraction of sp³-hybridized carbons (Fsp3) is 0.632. The molecule has 5 atom stereocenters. The Balaban J connectivity index is 1.65. The zero-order valence-electron chi connectivity index (χ0n) is 14.2. The second-order valence-corrected chi connectivity index (χ2v) is 7.90. The minimum Gasteiger partial charge on any atom is -0.466 e. The monoisotopic (exact) mass is 332 g/mol. The van der Waals surface area contributed by atoms with E-state index in [4.69, 9.17) is 13.9 Å². The van der Waals surface area contributed by atoms with Crippen LogP contribution in [-0.2, 0) is 27.1 Å². The minimum absolute atomic E-state index is 0.227. The van der Waals surface area contributed by atoms with E-state index in [-0.39, 0.29) is 24.1 Å². The molecule has 0 unspecified atom stereocenters. The van der Waals surface area contributed by atoms with Crippen LogP contribution in [0.2, 0.25) is 0 Å². The van der Waals surface area contributed by atoms with Crippen molar-refractivity contribution in [1.29, 1.82) is 0 Å². The van der Waals surface area contributed by atoms with Crippen LogP contribution in [-0.4, -0.2) is 34.5 Å². The third-order valence-electron chi connectivity index (χ3n) is 5.60. The number of ether oxygens (including phenoxy) is 2. The number of rotatable bonds is 1. The minimum atomic E-state index is -1.01. The van der Waals surface area contributed by atoms with Crippen molar-refractivity contribution in [2.24, 2.45) is 5.92 Å². The van der Waals surface area contributed by atoms with E-state index < -0.39 is 11.2 Å². The standard InChI is InChI=1S/C19H24O5/c1-11(2)12-6-7-19-16(24-19)15(23-17(19)20)10-18(3,21)9-14-5-4-13(8-12)22-14/h4-5,12,15-16,21H,1,6-10H2,2-3H3/t12-,15+,16+,18+,19+/m1/s1. The van der Waals surface area contributed by atoms with E-state index in [0.717, 1.165) is 29.9 Å². The Kier molecular flexibility index (Phi) is 3.45. The van der Waals surface area contributed by atoms with E-state index >= 15 is 0 Å². The van der Waals surface area contributed by atoms with Gasteiger partial charge in [0.2, 0.25) is 0 Å². The van der Waals surface area contributed by atoms with Crippen molar-refractivity contribution < 1.29 is 23.8 Å². The summed E-state index contributed by atoms with van der Waals surface area (Å²) in [6.07, 6.45) is 2.31. The summed E-state index contributed by atoms with van der Waals surface area (Å²) in [6, 6.07) is 3.89. The van der Waals surface area contributed by atoms with Crippen molar-refractivity contribution in [2.45, 2.75) is 69.4 Å². The zero-order chi connectivity index (χ0) is 17.1. The van der Waals surface area contributed by atoms with Crippen molar-refractivity contribution in [1.82, 2.24) is 0 Å². The molecular formula is C19H24O5. The SMILES string of the molecule is C=C(C)[C@@H]1CC[C@]23O[C@H]2[C@H](C[C@@](C)(O)Cc2ccc(o2)C1)OC3=O. The number of esters is 1. The van der Waals surface area contributed by atoms with Crippen LogP contribution in [0.15, 0.2) is 28.7 Å². The first kappa shape index (κ1) is 15.9. The van der Waals surface area contributed by atoms with Gasteiger partial charge in [0.05, 0.1) is 5.60 Å². The normalized spacial score (nSPS) is 41.5. The molecule has 4 heterocycles. The maximum Gasteiger partial charge on any atom is 0.341 e. The molecule has 5 nitrogen and oxygen atoms in total. The molecule has 0 amide bonds. The van der Waals surface area contributed by atoms with E-state index in [9.17, 15) is 9.90 Å². The van der Waals surface area contributed by atoms with Crippen molar-refractivity contribution in [2.75, 3.05) is 0 Å². The molecule has 5 heteroatoms. The predicted octanol–water partition coefficient (Wildman–Crippen LogP) is 2.55. The molecule has 0 spiro atoms. The van der Waals surface area contributed by atoms with Gasteiger partial charge in [0, 0.05) is 19.3 Å². The number of hydrogen-bond donors (Lipinski definition) is 1. The van der Waals surface area contributed by atoms with Crippen molar-refractivity contribution >= 4 is 5.97 Å². The van der Waals surface area contributed by atoms with Crippen LogP contribution in [0, 0.1) is 5.92 Å². The molecule has 130 valence electrons. The lowest BCUT2D eigenvalue weighted by molar-refractivity contribution is -0.156. The van der Waals surface area contributed by atoms with Gasteiger partial charge in [-0.25, -0.2) is 4.79 Å². The van der Waals surface area contributed by atoms with E-state index in [2.05, 4.69) is 6.58 Å². The van der Waals surface area contributed by atoms with Crippen LogP contribution in [0.25, 0.3) is 0 Å². The molecular weight excluding hydrogens is 308 g/mol. The number of carbonyl (C=O) groups is 1. The Morgan fingerprint density at radius 2 is 2.12 bits per heavy atom. The molecule has 0 aromatic carbocycles. The first-order valence-corrected chi connectivity index (χ1v) is 8.63. The average molecular weight is 332 g/mol. The van der Waals surface area contributed by atoms with Gasteiger partial charge in [-0.3, -0.25) is 0 Å². The third kappa shape index (κ3) is 2.60. The summed E-state index contributed by atoms with van der Waals surface area (Å²) in [5.74, 6) is 1.60. The molecule has 3 aliphatic rings. The number of furan rings is 1. The number of carbonyl (C=O) groups excluding carboxylic acids is 1. The van der Waals surface area contributed by atoms with Crippen molar-refractivity contribution in [3.05, 3.63) is 35.8 Å². The Labute approximate surface area is 141 Å². The number of hydrogen-bond acceptors (Lipinski definition) is 5. The maximum atomic E-state index is 12.3. The van der Waals surface area contributed by atoms with Gasteiger partial charge in [0.25, 0.3) is 0 Å². The predicted molar refractivity (Wildman–Crippen MR) is 86.4 cm³/mol. The van der Waals surface area contributed by atoms with Crippen LogP contribution in [0.5, 0.6) is 0 Å². The van der Waals surface area contributed by atoms with Gasteiger partial charge < -0.3 is 19.0 Å². The molecule has 0 saturated carbocycles. The molecule has 3 aliphatic heterocycles.